The topological polar surface area (TPSA) is 46.9 Å². The van der Waals surface area contributed by atoms with Crippen molar-refractivity contribution in [2.75, 3.05) is 6.54 Å². The summed E-state index contributed by atoms with van der Waals surface area (Å²) in [7, 11) is 0. The largest absolute Gasteiger partial charge is 0.354 e. The molecule has 4 nitrogen and oxygen atoms in total. The second-order valence-corrected chi connectivity index (χ2v) is 6.12. The van der Waals surface area contributed by atoms with E-state index < -0.39 is 0 Å². The van der Waals surface area contributed by atoms with Crippen molar-refractivity contribution in [3.05, 3.63) is 52.5 Å². The SMILES string of the molecule is O=C(NCCn1ccnc1)[C@H]1C[C@@H]1c1cc(Cl)cc(Cl)c1. The molecule has 1 aliphatic carbocycles. The molecule has 110 valence electrons. The summed E-state index contributed by atoms with van der Waals surface area (Å²) in [6.07, 6.45) is 6.19. The predicted molar refractivity (Wildman–Crippen MR) is 82.5 cm³/mol. The van der Waals surface area contributed by atoms with Crippen LogP contribution in [0.4, 0.5) is 0 Å². The number of hydrogen-bond donors (Lipinski definition) is 1. The van der Waals surface area contributed by atoms with Gasteiger partial charge in [0, 0.05) is 41.4 Å². The Morgan fingerprint density at radius 3 is 2.76 bits per heavy atom. The van der Waals surface area contributed by atoms with E-state index in [1.165, 1.54) is 0 Å². The van der Waals surface area contributed by atoms with Gasteiger partial charge < -0.3 is 9.88 Å². The quantitative estimate of drug-likeness (QED) is 0.919. The normalized spacial score (nSPS) is 20.3. The van der Waals surface area contributed by atoms with E-state index in [4.69, 9.17) is 23.2 Å². The fourth-order valence-electron chi connectivity index (χ4n) is 2.50. The van der Waals surface area contributed by atoms with E-state index in [0.717, 1.165) is 18.5 Å². The molecule has 2 atom stereocenters. The zero-order valence-electron chi connectivity index (χ0n) is 11.3. The molecule has 3 rings (SSSR count). The Hall–Kier alpha value is -1.52. The first kappa shape index (κ1) is 14.4. The summed E-state index contributed by atoms with van der Waals surface area (Å²) in [5.41, 5.74) is 1.04. The van der Waals surface area contributed by atoms with E-state index in [1.807, 2.05) is 22.9 Å². The molecule has 2 aromatic rings. The molecule has 0 aliphatic heterocycles. The van der Waals surface area contributed by atoms with Crippen LogP contribution in [0, 0.1) is 5.92 Å². The summed E-state index contributed by atoms with van der Waals surface area (Å²) in [6.45, 7) is 1.33. The Bertz CT molecular complexity index is 622. The van der Waals surface area contributed by atoms with Crippen molar-refractivity contribution >= 4 is 29.1 Å². The number of imidazole rings is 1. The average Bonchev–Trinajstić information content (AvgIpc) is 3.08. The molecule has 0 radical (unpaired) electrons. The second-order valence-electron chi connectivity index (χ2n) is 5.24. The van der Waals surface area contributed by atoms with Crippen molar-refractivity contribution in [3.8, 4) is 0 Å². The number of rotatable bonds is 5. The lowest BCUT2D eigenvalue weighted by molar-refractivity contribution is -0.122. The number of hydrogen-bond acceptors (Lipinski definition) is 2. The Morgan fingerprint density at radius 1 is 1.33 bits per heavy atom. The summed E-state index contributed by atoms with van der Waals surface area (Å²) in [4.78, 5) is 16.0. The minimum atomic E-state index is 0.0299. The highest BCUT2D eigenvalue weighted by atomic mass is 35.5. The number of aromatic nitrogens is 2. The number of nitrogens with one attached hydrogen (secondary N) is 1. The molecule has 1 N–H and O–H groups in total. The van der Waals surface area contributed by atoms with E-state index in [1.54, 1.807) is 18.6 Å². The van der Waals surface area contributed by atoms with Crippen LogP contribution in [0.3, 0.4) is 0 Å². The maximum atomic E-state index is 12.1. The van der Waals surface area contributed by atoms with Crippen LogP contribution < -0.4 is 5.32 Å². The first-order valence-corrected chi connectivity index (χ1v) is 7.58. The molecule has 0 unspecified atom stereocenters. The molecule has 1 heterocycles. The van der Waals surface area contributed by atoms with E-state index in [0.29, 0.717) is 16.6 Å². The lowest BCUT2D eigenvalue weighted by atomic mass is 10.1. The van der Waals surface area contributed by atoms with Gasteiger partial charge in [-0.15, -0.1) is 0 Å². The van der Waals surface area contributed by atoms with Crippen molar-refractivity contribution in [1.82, 2.24) is 14.9 Å². The van der Waals surface area contributed by atoms with Crippen LogP contribution in [0.5, 0.6) is 0 Å². The Kier molecular flexibility index (Phi) is 4.17. The van der Waals surface area contributed by atoms with Crippen LogP contribution in [0.2, 0.25) is 10.0 Å². The van der Waals surface area contributed by atoms with Gasteiger partial charge >= 0.3 is 0 Å². The van der Waals surface area contributed by atoms with Crippen molar-refractivity contribution in [2.45, 2.75) is 18.9 Å². The summed E-state index contributed by atoms with van der Waals surface area (Å²) in [5, 5.41) is 4.19. The molecule has 1 aromatic carbocycles. The van der Waals surface area contributed by atoms with E-state index in [-0.39, 0.29) is 17.7 Å². The van der Waals surface area contributed by atoms with Gasteiger partial charge in [0.2, 0.25) is 5.91 Å². The first-order chi connectivity index (χ1) is 10.1. The van der Waals surface area contributed by atoms with Gasteiger partial charge in [0.1, 0.15) is 0 Å². The number of benzene rings is 1. The highest BCUT2D eigenvalue weighted by Gasteiger charge is 2.43. The van der Waals surface area contributed by atoms with Crippen molar-refractivity contribution in [1.29, 1.82) is 0 Å². The highest BCUT2D eigenvalue weighted by molar-refractivity contribution is 6.34. The zero-order chi connectivity index (χ0) is 14.8. The fraction of sp³-hybridized carbons (Fsp3) is 0.333. The smallest absolute Gasteiger partial charge is 0.223 e. The lowest BCUT2D eigenvalue weighted by Crippen LogP contribution is -2.28. The molecule has 1 saturated carbocycles. The number of halogens is 2. The summed E-state index contributed by atoms with van der Waals surface area (Å²) >= 11 is 12.0. The van der Waals surface area contributed by atoms with Gasteiger partial charge in [-0.1, -0.05) is 23.2 Å². The number of carbonyl (C=O) groups is 1. The molecule has 1 aromatic heterocycles. The van der Waals surface area contributed by atoms with Crippen molar-refractivity contribution < 1.29 is 4.79 Å². The van der Waals surface area contributed by atoms with Gasteiger partial charge in [-0.05, 0) is 36.1 Å². The number of carbonyl (C=O) groups excluding carboxylic acids is 1. The molecular formula is C15H15Cl2N3O. The Balaban J connectivity index is 1.51. The van der Waals surface area contributed by atoms with Crippen molar-refractivity contribution in [2.24, 2.45) is 5.92 Å². The third-order valence-electron chi connectivity index (χ3n) is 3.67. The average molecular weight is 324 g/mol. The standard InChI is InChI=1S/C15H15Cl2N3O/c16-11-5-10(6-12(17)7-11)13-8-14(13)15(21)19-2-4-20-3-1-18-9-20/h1,3,5-7,9,13-14H,2,4,8H2,(H,19,21)/t13-,14+/m1/s1. The summed E-state index contributed by atoms with van der Waals surface area (Å²) in [6, 6.07) is 5.48. The van der Waals surface area contributed by atoms with Crippen LogP contribution in [0.25, 0.3) is 0 Å². The molecule has 6 heteroatoms. The lowest BCUT2D eigenvalue weighted by Gasteiger charge is -2.06. The molecule has 0 bridgehead atoms. The van der Waals surface area contributed by atoms with Gasteiger partial charge in [-0.25, -0.2) is 4.98 Å². The molecule has 0 spiro atoms. The summed E-state index contributed by atoms with van der Waals surface area (Å²) in [5.74, 6) is 0.355. The number of amides is 1. The zero-order valence-corrected chi connectivity index (χ0v) is 12.8. The van der Waals surface area contributed by atoms with Gasteiger partial charge in [0.15, 0.2) is 0 Å². The van der Waals surface area contributed by atoms with E-state index in [9.17, 15) is 4.79 Å². The molecule has 21 heavy (non-hydrogen) atoms. The van der Waals surface area contributed by atoms with Crippen LogP contribution in [-0.2, 0) is 11.3 Å². The van der Waals surface area contributed by atoms with E-state index in [2.05, 4.69) is 10.3 Å². The monoisotopic (exact) mass is 323 g/mol. The van der Waals surface area contributed by atoms with Crippen LogP contribution in [0.1, 0.15) is 17.9 Å². The van der Waals surface area contributed by atoms with Crippen LogP contribution in [0.15, 0.2) is 36.9 Å². The molecule has 0 saturated heterocycles. The fourth-order valence-corrected chi connectivity index (χ4v) is 3.04. The molecule has 1 amide bonds. The minimum absolute atomic E-state index is 0.0299. The third kappa shape index (κ3) is 3.57. The third-order valence-corrected chi connectivity index (χ3v) is 4.11. The maximum absolute atomic E-state index is 12.1. The van der Waals surface area contributed by atoms with E-state index >= 15 is 0 Å². The predicted octanol–water partition coefficient (Wildman–Crippen LogP) is 3.11. The maximum Gasteiger partial charge on any atom is 0.223 e. The Labute approximate surface area is 133 Å². The molecule has 1 fully saturated rings. The van der Waals surface area contributed by atoms with Gasteiger partial charge in [-0.2, -0.15) is 0 Å². The van der Waals surface area contributed by atoms with Gasteiger partial charge in [-0.3, -0.25) is 4.79 Å². The molecular weight excluding hydrogens is 309 g/mol. The van der Waals surface area contributed by atoms with Crippen molar-refractivity contribution in [3.63, 3.8) is 0 Å². The number of nitrogens with zero attached hydrogens (tertiary/aromatic N) is 2. The minimum Gasteiger partial charge on any atom is -0.354 e. The highest BCUT2D eigenvalue weighted by Crippen LogP contribution is 2.48. The van der Waals surface area contributed by atoms with Gasteiger partial charge in [0.05, 0.1) is 6.33 Å². The second kappa shape index (κ2) is 6.08. The van der Waals surface area contributed by atoms with Gasteiger partial charge in [0.25, 0.3) is 0 Å². The Morgan fingerprint density at radius 2 is 2.10 bits per heavy atom. The van der Waals surface area contributed by atoms with Crippen LogP contribution in [-0.4, -0.2) is 22.0 Å². The first-order valence-electron chi connectivity index (χ1n) is 6.83. The summed E-state index contributed by atoms with van der Waals surface area (Å²) < 4.78 is 1.93. The van der Waals surface area contributed by atoms with Crippen LogP contribution >= 0.6 is 23.2 Å². The molecule has 1 aliphatic rings.